The van der Waals surface area contributed by atoms with Crippen molar-refractivity contribution in [3.05, 3.63) is 58.1 Å². The van der Waals surface area contributed by atoms with E-state index in [-0.39, 0.29) is 5.54 Å². The van der Waals surface area contributed by atoms with Gasteiger partial charge in [-0.1, -0.05) is 55.3 Å². The normalized spacial score (nSPS) is 32.8. The van der Waals surface area contributed by atoms with Crippen LogP contribution in [-0.2, 0) is 13.2 Å². The number of nitrogens with one attached hydrogen (secondary N) is 1. The first-order chi connectivity index (χ1) is 15.2. The summed E-state index contributed by atoms with van der Waals surface area (Å²) in [4.78, 5) is 0. The Kier molecular flexibility index (Phi) is 5.49. The third-order valence-corrected chi connectivity index (χ3v) is 8.48. The van der Waals surface area contributed by atoms with E-state index in [2.05, 4.69) is 50.4 Å². The van der Waals surface area contributed by atoms with Crippen LogP contribution in [0.2, 0.25) is 5.02 Å². The second-order valence-corrected chi connectivity index (χ2v) is 12.0. The quantitative estimate of drug-likeness (QED) is 0.486. The lowest BCUT2D eigenvalue weighted by atomic mass is 9.43. The first-order valence-electron chi connectivity index (χ1n) is 12.0. The molecule has 2 aromatic carbocycles. The molecule has 2 aromatic rings. The maximum absolute atomic E-state index is 6.73. The number of hydrogen-bond acceptors (Lipinski definition) is 3. The van der Waals surface area contributed by atoms with Crippen LogP contribution in [0.1, 0.15) is 69.1 Å². The SMILES string of the molecule is COc1cc(CNC23CC4CC(C)(CC(C)(C4)C2)C3)c(Cl)cc1OCc1ccc(C)cc1. The lowest BCUT2D eigenvalue weighted by Crippen LogP contribution is -2.63. The summed E-state index contributed by atoms with van der Waals surface area (Å²) in [5.41, 5.74) is 4.70. The summed E-state index contributed by atoms with van der Waals surface area (Å²) in [6.07, 6.45) is 8.10. The van der Waals surface area contributed by atoms with Crippen LogP contribution >= 0.6 is 11.6 Å². The molecule has 4 bridgehead atoms. The van der Waals surface area contributed by atoms with E-state index in [1.165, 1.54) is 44.1 Å². The Morgan fingerprint density at radius 1 is 0.969 bits per heavy atom. The smallest absolute Gasteiger partial charge is 0.163 e. The Morgan fingerprint density at radius 2 is 1.66 bits per heavy atom. The number of rotatable bonds is 7. The summed E-state index contributed by atoms with van der Waals surface area (Å²) in [5, 5.41) is 4.72. The van der Waals surface area contributed by atoms with Crippen molar-refractivity contribution in [2.45, 2.75) is 78.0 Å². The fourth-order valence-electron chi connectivity index (χ4n) is 7.76. The molecule has 6 rings (SSSR count). The van der Waals surface area contributed by atoms with E-state index in [4.69, 9.17) is 21.1 Å². The van der Waals surface area contributed by atoms with Crippen LogP contribution in [0.25, 0.3) is 0 Å². The van der Waals surface area contributed by atoms with Gasteiger partial charge in [0.25, 0.3) is 0 Å². The van der Waals surface area contributed by atoms with E-state index in [9.17, 15) is 0 Å². The van der Waals surface area contributed by atoms with E-state index in [0.717, 1.165) is 34.4 Å². The minimum absolute atomic E-state index is 0.250. The van der Waals surface area contributed by atoms with Crippen LogP contribution in [-0.4, -0.2) is 12.6 Å². The van der Waals surface area contributed by atoms with Crippen LogP contribution in [0.3, 0.4) is 0 Å². The van der Waals surface area contributed by atoms with Gasteiger partial charge in [0.15, 0.2) is 11.5 Å². The molecule has 0 aromatic heterocycles. The minimum Gasteiger partial charge on any atom is -0.493 e. The van der Waals surface area contributed by atoms with E-state index >= 15 is 0 Å². The number of hydrogen-bond donors (Lipinski definition) is 1. The largest absolute Gasteiger partial charge is 0.493 e. The number of aryl methyl sites for hydroxylation is 1. The zero-order chi connectivity index (χ0) is 22.6. The van der Waals surface area contributed by atoms with E-state index in [1.54, 1.807) is 7.11 Å². The molecule has 0 radical (unpaired) electrons. The van der Waals surface area contributed by atoms with Crippen LogP contribution in [0.4, 0.5) is 0 Å². The maximum atomic E-state index is 6.73. The van der Waals surface area contributed by atoms with Gasteiger partial charge in [-0.25, -0.2) is 0 Å². The van der Waals surface area contributed by atoms with Crippen molar-refractivity contribution < 1.29 is 9.47 Å². The molecule has 1 N–H and O–H groups in total. The van der Waals surface area contributed by atoms with Gasteiger partial charge < -0.3 is 14.8 Å². The minimum atomic E-state index is 0.250. The van der Waals surface area contributed by atoms with Gasteiger partial charge in [-0.2, -0.15) is 0 Å². The fraction of sp³-hybridized carbons (Fsp3) is 0.571. The Morgan fingerprint density at radius 3 is 2.28 bits per heavy atom. The summed E-state index contributed by atoms with van der Waals surface area (Å²) in [6, 6.07) is 12.3. The number of methoxy groups -OCH3 is 1. The highest BCUT2D eigenvalue weighted by Crippen LogP contribution is 2.66. The summed E-state index contributed by atoms with van der Waals surface area (Å²) in [6.45, 7) is 8.38. The van der Waals surface area contributed by atoms with Crippen molar-refractivity contribution in [3.8, 4) is 11.5 Å². The monoisotopic (exact) mass is 453 g/mol. The first-order valence-corrected chi connectivity index (χ1v) is 12.4. The van der Waals surface area contributed by atoms with Gasteiger partial charge >= 0.3 is 0 Å². The van der Waals surface area contributed by atoms with Gasteiger partial charge in [-0.05, 0) is 79.4 Å². The number of halogens is 1. The average Bonchev–Trinajstić information content (AvgIpc) is 2.70. The van der Waals surface area contributed by atoms with Crippen LogP contribution < -0.4 is 14.8 Å². The molecule has 0 aliphatic heterocycles. The van der Waals surface area contributed by atoms with Crippen molar-refractivity contribution in [2.24, 2.45) is 16.7 Å². The van der Waals surface area contributed by atoms with E-state index < -0.39 is 0 Å². The zero-order valence-electron chi connectivity index (χ0n) is 19.9. The summed E-state index contributed by atoms with van der Waals surface area (Å²) in [7, 11) is 1.69. The Hall–Kier alpha value is -1.71. The third-order valence-electron chi connectivity index (χ3n) is 8.13. The standard InChI is InChI=1S/C28H36ClNO2/c1-19-5-7-20(8-6-19)15-32-25-10-23(29)22(9-24(25)31-4)14-30-28-13-21-11-26(2,17-28)16-27(3,12-21)18-28/h5-10,21,30H,11-18H2,1-4H3. The molecule has 0 amide bonds. The summed E-state index contributed by atoms with van der Waals surface area (Å²) < 4.78 is 11.7. The highest BCUT2D eigenvalue weighted by molar-refractivity contribution is 6.31. The molecule has 2 unspecified atom stereocenters. The van der Waals surface area contributed by atoms with Gasteiger partial charge in [-0.15, -0.1) is 0 Å². The van der Waals surface area contributed by atoms with E-state index in [1.807, 2.05) is 12.1 Å². The van der Waals surface area contributed by atoms with Gasteiger partial charge in [0.05, 0.1) is 7.11 Å². The number of ether oxygens (including phenoxy) is 2. The van der Waals surface area contributed by atoms with Gasteiger partial charge in [0.2, 0.25) is 0 Å². The van der Waals surface area contributed by atoms with Crippen molar-refractivity contribution in [1.29, 1.82) is 0 Å². The molecule has 3 nitrogen and oxygen atoms in total. The molecule has 0 heterocycles. The van der Waals surface area contributed by atoms with Crippen molar-refractivity contribution >= 4 is 11.6 Å². The molecule has 0 spiro atoms. The summed E-state index contributed by atoms with van der Waals surface area (Å²) in [5.74, 6) is 2.30. The molecule has 4 fully saturated rings. The van der Waals surface area contributed by atoms with Crippen molar-refractivity contribution in [1.82, 2.24) is 5.32 Å². The Balaban J connectivity index is 1.30. The lowest BCUT2D eigenvalue weighted by molar-refractivity contribution is -0.118. The number of benzene rings is 2. The van der Waals surface area contributed by atoms with Crippen molar-refractivity contribution in [2.75, 3.05) is 7.11 Å². The van der Waals surface area contributed by atoms with Crippen molar-refractivity contribution in [3.63, 3.8) is 0 Å². The molecule has 4 aliphatic rings. The Bertz CT molecular complexity index is 983. The molecular weight excluding hydrogens is 418 g/mol. The maximum Gasteiger partial charge on any atom is 0.163 e. The topological polar surface area (TPSA) is 30.5 Å². The predicted molar refractivity (Wildman–Crippen MR) is 130 cm³/mol. The highest BCUT2D eigenvalue weighted by Gasteiger charge is 2.59. The molecule has 0 saturated heterocycles. The van der Waals surface area contributed by atoms with Crippen LogP contribution in [0.5, 0.6) is 11.5 Å². The molecule has 4 aliphatic carbocycles. The second-order valence-electron chi connectivity index (χ2n) is 11.6. The van der Waals surface area contributed by atoms with Gasteiger partial charge in [-0.3, -0.25) is 0 Å². The molecular formula is C28H36ClNO2. The third kappa shape index (κ3) is 4.26. The first kappa shape index (κ1) is 22.1. The molecule has 4 saturated carbocycles. The molecule has 32 heavy (non-hydrogen) atoms. The van der Waals surface area contributed by atoms with Crippen LogP contribution in [0, 0.1) is 23.7 Å². The van der Waals surface area contributed by atoms with Gasteiger partial charge in [0, 0.05) is 23.2 Å². The zero-order valence-corrected chi connectivity index (χ0v) is 20.6. The second kappa shape index (κ2) is 7.95. The Labute approximate surface area is 197 Å². The highest BCUT2D eigenvalue weighted by atomic mass is 35.5. The fourth-order valence-corrected chi connectivity index (χ4v) is 7.98. The van der Waals surface area contributed by atoms with E-state index in [0.29, 0.717) is 23.2 Å². The molecule has 4 heteroatoms. The lowest BCUT2D eigenvalue weighted by Gasteiger charge is -2.65. The average molecular weight is 454 g/mol. The van der Waals surface area contributed by atoms with Crippen LogP contribution in [0.15, 0.2) is 36.4 Å². The van der Waals surface area contributed by atoms with Gasteiger partial charge in [0.1, 0.15) is 6.61 Å². The summed E-state index contributed by atoms with van der Waals surface area (Å²) >= 11 is 6.73. The molecule has 2 atom stereocenters. The predicted octanol–water partition coefficient (Wildman–Crippen LogP) is 7.07. The molecule has 172 valence electrons.